The Labute approximate surface area is 249 Å². The summed E-state index contributed by atoms with van der Waals surface area (Å²) in [5.74, 6) is 0.640. The second kappa shape index (κ2) is 11.6. The van der Waals surface area contributed by atoms with Crippen molar-refractivity contribution < 1.29 is 51.0 Å². The van der Waals surface area contributed by atoms with E-state index >= 15 is 0 Å². The molecule has 1 radical (unpaired) electrons. The molecule has 2 bridgehead atoms. The van der Waals surface area contributed by atoms with Crippen LogP contribution in [-0.4, -0.2) is 13.8 Å². The molecule has 3 heterocycles. The van der Waals surface area contributed by atoms with Gasteiger partial charge >= 0.3 is 26.2 Å². The molecule has 0 N–H and O–H groups in total. The topological polar surface area (TPSA) is 12.4 Å². The number of halogens is 2. The summed E-state index contributed by atoms with van der Waals surface area (Å²) < 4.78 is 0. The van der Waals surface area contributed by atoms with Crippen molar-refractivity contribution in [3.05, 3.63) is 99.0 Å². The molecule has 0 aromatic heterocycles. The predicted molar refractivity (Wildman–Crippen MR) is 147 cm³/mol. The van der Waals surface area contributed by atoms with Crippen molar-refractivity contribution in [3.63, 3.8) is 0 Å². The van der Waals surface area contributed by atoms with Crippen LogP contribution in [0.15, 0.2) is 92.9 Å². The zero-order valence-corrected chi connectivity index (χ0v) is 27.2. The average Bonchev–Trinajstić information content (AvgIpc) is 3.47. The van der Waals surface area contributed by atoms with E-state index < -0.39 is 8.07 Å². The maximum atomic E-state index is 4.62. The summed E-state index contributed by atoms with van der Waals surface area (Å²) in [6.07, 6.45) is 3.44. The summed E-state index contributed by atoms with van der Waals surface area (Å²) in [4.78, 5) is 4.62. The Morgan fingerprint density at radius 1 is 0.944 bits per heavy atom. The number of rotatable bonds is 3. The quantitative estimate of drug-likeness (QED) is 0.320. The molecule has 0 saturated heterocycles. The molecule has 0 fully saturated rings. The smallest absolute Gasteiger partial charge is 1.00 e. The van der Waals surface area contributed by atoms with Crippen LogP contribution in [-0.2, 0) is 26.2 Å². The van der Waals surface area contributed by atoms with Crippen LogP contribution in [0.4, 0.5) is 0 Å². The van der Waals surface area contributed by atoms with Gasteiger partial charge in [0.2, 0.25) is 0 Å². The van der Waals surface area contributed by atoms with Gasteiger partial charge in [0.05, 0.1) is 5.70 Å². The number of hydrogen-bond acceptors (Lipinski definition) is 1. The van der Waals surface area contributed by atoms with Crippen LogP contribution in [0.3, 0.4) is 0 Å². The maximum absolute atomic E-state index is 4.62. The molecule has 7 rings (SSSR count). The fourth-order valence-corrected chi connectivity index (χ4v) is 9.76. The van der Waals surface area contributed by atoms with Crippen molar-refractivity contribution >= 4 is 24.6 Å². The summed E-state index contributed by atoms with van der Waals surface area (Å²) in [6, 6.07) is 20.2. The van der Waals surface area contributed by atoms with Crippen molar-refractivity contribution in [1.82, 2.24) is 0 Å². The minimum absolute atomic E-state index is 0. The first-order valence-electron chi connectivity index (χ1n) is 12.2. The molecule has 0 amide bonds. The summed E-state index contributed by atoms with van der Waals surface area (Å²) >= 11 is 0. The van der Waals surface area contributed by atoms with Gasteiger partial charge in [-0.05, 0) is 59.4 Å². The number of benzene rings is 2. The molecule has 0 spiro atoms. The SMILES string of the molecule is CC1=NC2=C3C(C)=C(C2=C1)[Si]3(C)C.CCC(C)c1ccc(-c2cccc3[cH-]c(C)cc23)cc1.[Cl-].[Cl-].[Zr+3]. The van der Waals surface area contributed by atoms with Gasteiger partial charge in [0.25, 0.3) is 0 Å². The first-order chi connectivity index (χ1) is 15.7. The van der Waals surface area contributed by atoms with E-state index in [1.807, 2.05) is 0 Å². The van der Waals surface area contributed by atoms with E-state index in [0.29, 0.717) is 5.92 Å². The van der Waals surface area contributed by atoms with Gasteiger partial charge in [0, 0.05) is 11.3 Å². The molecule has 3 aliphatic heterocycles. The largest absolute Gasteiger partial charge is 3.00 e. The molecule has 0 saturated carbocycles. The molecule has 36 heavy (non-hydrogen) atoms. The molecule has 1 atom stereocenters. The third-order valence-electron chi connectivity index (χ3n) is 7.70. The second-order valence-corrected chi connectivity index (χ2v) is 14.7. The van der Waals surface area contributed by atoms with Gasteiger partial charge < -0.3 is 24.8 Å². The average molecular weight is 611 g/mol. The Hall–Kier alpha value is -1.38. The van der Waals surface area contributed by atoms with Gasteiger partial charge in [-0.2, -0.15) is 6.07 Å². The van der Waals surface area contributed by atoms with Gasteiger partial charge in [-0.1, -0.05) is 69.8 Å². The van der Waals surface area contributed by atoms with Crippen molar-refractivity contribution in [2.45, 2.75) is 60.1 Å². The van der Waals surface area contributed by atoms with Crippen LogP contribution < -0.4 is 24.8 Å². The van der Waals surface area contributed by atoms with Crippen molar-refractivity contribution in [2.24, 2.45) is 4.99 Å². The number of allylic oxidation sites excluding steroid dienone is 4. The molecule has 1 aliphatic carbocycles. The summed E-state index contributed by atoms with van der Waals surface area (Å²) in [6.45, 7) is 15.9. The molecule has 3 aromatic rings. The van der Waals surface area contributed by atoms with E-state index in [1.54, 1.807) is 10.4 Å². The summed E-state index contributed by atoms with van der Waals surface area (Å²) in [5.41, 5.74) is 10.9. The Morgan fingerprint density at radius 2 is 1.61 bits per heavy atom. The van der Waals surface area contributed by atoms with E-state index in [1.165, 1.54) is 62.0 Å². The zero-order valence-electron chi connectivity index (χ0n) is 22.3. The number of nitrogens with zero attached hydrogens (tertiary/aromatic N) is 1. The number of hydrogen-bond donors (Lipinski definition) is 0. The summed E-state index contributed by atoms with van der Waals surface area (Å²) in [5, 5.41) is 5.98. The minimum Gasteiger partial charge on any atom is -1.00 e. The molecule has 5 heteroatoms. The zero-order chi connectivity index (χ0) is 23.5. The Kier molecular flexibility index (Phi) is 9.91. The Bertz CT molecular complexity index is 1400. The number of fused-ring (bicyclic) bond motifs is 1. The van der Waals surface area contributed by atoms with Gasteiger partial charge in [-0.25, -0.2) is 0 Å². The molecule has 1 nitrogen and oxygen atoms in total. The van der Waals surface area contributed by atoms with Gasteiger partial charge in [-0.15, -0.1) is 34.5 Å². The first-order valence-corrected chi connectivity index (χ1v) is 15.2. The second-order valence-electron chi connectivity index (χ2n) is 10.4. The molecular formula is C31H34Cl2NSiZr. The number of aliphatic imine (C=N–C) groups is 1. The molecular weight excluding hydrogens is 577 g/mol. The van der Waals surface area contributed by atoms with E-state index in [-0.39, 0.29) is 51.0 Å². The van der Waals surface area contributed by atoms with Gasteiger partial charge in [0.1, 0.15) is 8.07 Å². The minimum atomic E-state index is -1.15. The van der Waals surface area contributed by atoms with E-state index in [9.17, 15) is 0 Å². The third kappa shape index (κ3) is 5.02. The van der Waals surface area contributed by atoms with Crippen molar-refractivity contribution in [2.75, 3.05) is 0 Å². The van der Waals surface area contributed by atoms with E-state index in [0.717, 1.165) is 0 Å². The van der Waals surface area contributed by atoms with Gasteiger partial charge in [0.15, 0.2) is 0 Å². The first kappa shape index (κ1) is 30.8. The Balaban J connectivity index is 0.000000250. The van der Waals surface area contributed by atoms with Crippen LogP contribution in [0, 0.1) is 6.92 Å². The van der Waals surface area contributed by atoms with Crippen LogP contribution in [0.25, 0.3) is 21.9 Å². The van der Waals surface area contributed by atoms with Crippen LogP contribution >= 0.6 is 0 Å². The van der Waals surface area contributed by atoms with Gasteiger partial charge in [-0.3, -0.25) is 4.99 Å². The molecule has 3 aromatic carbocycles. The monoisotopic (exact) mass is 608 g/mol. The molecule has 4 aliphatic rings. The maximum Gasteiger partial charge on any atom is 3.00 e. The fourth-order valence-electron chi connectivity index (χ4n) is 5.93. The number of aryl methyl sites for hydroxylation is 1. The normalized spacial score (nSPS) is 17.0. The van der Waals surface area contributed by atoms with Crippen molar-refractivity contribution in [1.29, 1.82) is 0 Å². The van der Waals surface area contributed by atoms with Crippen LogP contribution in [0.2, 0.25) is 13.1 Å². The van der Waals surface area contributed by atoms with E-state index in [2.05, 4.69) is 113 Å². The molecule has 185 valence electrons. The third-order valence-corrected chi connectivity index (χ3v) is 11.5. The predicted octanol–water partition coefficient (Wildman–Crippen LogP) is 2.83. The van der Waals surface area contributed by atoms with Crippen LogP contribution in [0.1, 0.15) is 51.2 Å². The van der Waals surface area contributed by atoms with E-state index in [4.69, 9.17) is 0 Å². The summed E-state index contributed by atoms with van der Waals surface area (Å²) in [7, 11) is -1.15. The molecule has 1 unspecified atom stereocenters. The van der Waals surface area contributed by atoms with Crippen molar-refractivity contribution in [3.8, 4) is 11.1 Å². The fraction of sp³-hybridized carbons (Fsp3) is 0.290. The Morgan fingerprint density at radius 3 is 2.19 bits per heavy atom. The standard InChI is InChI=1S/C20H21.C11H13NSi.2ClH.Zr/c1-4-15(3)16-8-10-17(11-9-16)19-7-5-6-18-12-14(2)13-20(18)19;1-6-5-8-9(12-6)11-7(2)10(8)13(11,3)4;;;/h5-13,15H,4H2,1-3H3;5H,1-4H3;2*1H;/q-1;;;;+3/p-2. The van der Waals surface area contributed by atoms with Crippen LogP contribution in [0.5, 0.6) is 0 Å².